The molecule has 106 valence electrons. The van der Waals surface area contributed by atoms with Crippen LogP contribution in [0.5, 0.6) is 0 Å². The first-order valence-corrected chi connectivity index (χ1v) is 7.65. The summed E-state index contributed by atoms with van der Waals surface area (Å²) in [5.41, 5.74) is -0.147. The molecule has 1 aliphatic carbocycles. The summed E-state index contributed by atoms with van der Waals surface area (Å²) >= 11 is 0. The standard InChI is InChI=1S/C16H26N2O/c1-3-7-16(8-10-17-11-9-16)15(19)18(12-4-2)13-14-5-6-14/h2,14,17H,3,5-13H2,1H3. The first-order chi connectivity index (χ1) is 9.22. The second kappa shape index (κ2) is 6.43. The van der Waals surface area contributed by atoms with Crippen molar-refractivity contribution in [2.45, 2.75) is 45.4 Å². The number of nitrogens with one attached hydrogen (secondary N) is 1. The van der Waals surface area contributed by atoms with Gasteiger partial charge in [0.15, 0.2) is 0 Å². The molecule has 0 spiro atoms. The summed E-state index contributed by atoms with van der Waals surface area (Å²) in [6.45, 7) is 5.44. The van der Waals surface area contributed by atoms with E-state index in [1.165, 1.54) is 12.8 Å². The monoisotopic (exact) mass is 262 g/mol. The first kappa shape index (κ1) is 14.4. The molecule has 0 atom stereocenters. The van der Waals surface area contributed by atoms with Gasteiger partial charge >= 0.3 is 0 Å². The summed E-state index contributed by atoms with van der Waals surface area (Å²) in [6, 6.07) is 0. The van der Waals surface area contributed by atoms with E-state index in [1.54, 1.807) is 0 Å². The topological polar surface area (TPSA) is 32.3 Å². The van der Waals surface area contributed by atoms with Crippen LogP contribution < -0.4 is 5.32 Å². The summed E-state index contributed by atoms with van der Waals surface area (Å²) in [7, 11) is 0. The van der Waals surface area contributed by atoms with E-state index in [9.17, 15) is 4.79 Å². The van der Waals surface area contributed by atoms with Crippen molar-refractivity contribution in [3.63, 3.8) is 0 Å². The smallest absolute Gasteiger partial charge is 0.229 e. The van der Waals surface area contributed by atoms with E-state index in [0.29, 0.717) is 18.4 Å². The molecule has 0 radical (unpaired) electrons. The van der Waals surface area contributed by atoms with Gasteiger partial charge in [-0.3, -0.25) is 4.79 Å². The van der Waals surface area contributed by atoms with Crippen molar-refractivity contribution in [1.29, 1.82) is 0 Å². The molecule has 0 unspecified atom stereocenters. The minimum Gasteiger partial charge on any atom is -0.331 e. The normalized spacial score (nSPS) is 21.7. The third kappa shape index (κ3) is 3.51. The van der Waals surface area contributed by atoms with Crippen molar-refractivity contribution in [3.8, 4) is 12.3 Å². The van der Waals surface area contributed by atoms with Crippen molar-refractivity contribution in [2.75, 3.05) is 26.2 Å². The van der Waals surface area contributed by atoms with Crippen LogP contribution in [0.25, 0.3) is 0 Å². The molecule has 2 aliphatic rings. The van der Waals surface area contributed by atoms with Gasteiger partial charge in [-0.25, -0.2) is 0 Å². The second-order valence-corrected chi connectivity index (χ2v) is 6.11. The summed E-state index contributed by atoms with van der Waals surface area (Å²) in [5, 5.41) is 3.37. The number of terminal acetylenes is 1. The second-order valence-electron chi connectivity index (χ2n) is 6.11. The maximum Gasteiger partial charge on any atom is 0.229 e. The molecule has 2 rings (SSSR count). The van der Waals surface area contributed by atoms with Gasteiger partial charge in [-0.05, 0) is 51.1 Å². The van der Waals surface area contributed by atoms with Crippen LogP contribution in [0, 0.1) is 23.7 Å². The molecule has 3 heteroatoms. The molecule has 1 amide bonds. The Bertz CT molecular complexity index is 343. The average molecular weight is 262 g/mol. The number of nitrogens with zero attached hydrogens (tertiary/aromatic N) is 1. The van der Waals surface area contributed by atoms with E-state index in [0.717, 1.165) is 45.3 Å². The van der Waals surface area contributed by atoms with Gasteiger partial charge in [0.1, 0.15) is 0 Å². The Morgan fingerprint density at radius 3 is 2.63 bits per heavy atom. The van der Waals surface area contributed by atoms with Crippen LogP contribution in [0.2, 0.25) is 0 Å². The maximum atomic E-state index is 13.0. The first-order valence-electron chi connectivity index (χ1n) is 7.65. The van der Waals surface area contributed by atoms with E-state index in [2.05, 4.69) is 18.2 Å². The molecule has 0 aromatic heterocycles. The predicted octanol–water partition coefficient (Wildman–Crippen LogP) is 2.03. The van der Waals surface area contributed by atoms with Crippen molar-refractivity contribution in [1.82, 2.24) is 10.2 Å². The molecule has 2 fully saturated rings. The van der Waals surface area contributed by atoms with Crippen LogP contribution in [0.4, 0.5) is 0 Å². The van der Waals surface area contributed by atoms with Crippen molar-refractivity contribution >= 4 is 5.91 Å². The lowest BCUT2D eigenvalue weighted by Crippen LogP contribution is -2.50. The molecule has 1 N–H and O–H groups in total. The molecule has 1 saturated carbocycles. The molecule has 1 aliphatic heterocycles. The minimum absolute atomic E-state index is 0.147. The van der Waals surface area contributed by atoms with Crippen molar-refractivity contribution < 1.29 is 4.79 Å². The van der Waals surface area contributed by atoms with Gasteiger partial charge in [-0.2, -0.15) is 0 Å². The van der Waals surface area contributed by atoms with Crippen molar-refractivity contribution in [3.05, 3.63) is 0 Å². The highest BCUT2D eigenvalue weighted by molar-refractivity contribution is 5.83. The highest BCUT2D eigenvalue weighted by atomic mass is 16.2. The third-order valence-corrected chi connectivity index (χ3v) is 4.49. The number of carbonyl (C=O) groups is 1. The van der Waals surface area contributed by atoms with Gasteiger partial charge in [0.05, 0.1) is 12.0 Å². The highest BCUT2D eigenvalue weighted by Gasteiger charge is 2.42. The van der Waals surface area contributed by atoms with Gasteiger partial charge in [0.25, 0.3) is 0 Å². The number of rotatable bonds is 6. The molecule has 0 aromatic rings. The summed E-state index contributed by atoms with van der Waals surface area (Å²) < 4.78 is 0. The van der Waals surface area contributed by atoms with E-state index < -0.39 is 0 Å². The van der Waals surface area contributed by atoms with E-state index in [-0.39, 0.29) is 5.41 Å². The largest absolute Gasteiger partial charge is 0.331 e. The van der Waals surface area contributed by atoms with Gasteiger partial charge in [0, 0.05) is 6.54 Å². The predicted molar refractivity (Wildman–Crippen MR) is 77.6 cm³/mol. The Morgan fingerprint density at radius 2 is 2.11 bits per heavy atom. The third-order valence-electron chi connectivity index (χ3n) is 4.49. The Labute approximate surface area is 117 Å². The van der Waals surface area contributed by atoms with Crippen LogP contribution in [-0.4, -0.2) is 37.0 Å². The van der Waals surface area contributed by atoms with Crippen LogP contribution >= 0.6 is 0 Å². The molecule has 0 bridgehead atoms. The van der Waals surface area contributed by atoms with Gasteiger partial charge in [-0.1, -0.05) is 19.3 Å². The maximum absolute atomic E-state index is 13.0. The number of piperidine rings is 1. The molecule has 1 saturated heterocycles. The fourth-order valence-corrected chi connectivity index (χ4v) is 3.23. The minimum atomic E-state index is -0.147. The Balaban J connectivity index is 2.08. The lowest BCUT2D eigenvalue weighted by atomic mass is 9.74. The average Bonchev–Trinajstić information content (AvgIpc) is 3.23. The van der Waals surface area contributed by atoms with Crippen LogP contribution in [-0.2, 0) is 4.79 Å². The zero-order valence-electron chi connectivity index (χ0n) is 12.1. The number of carbonyl (C=O) groups excluding carboxylic acids is 1. The summed E-state index contributed by atoms with van der Waals surface area (Å²) in [6.07, 6.45) is 12.0. The van der Waals surface area contributed by atoms with E-state index in [1.807, 2.05) is 4.90 Å². The molecule has 0 aromatic carbocycles. The lowest BCUT2D eigenvalue weighted by molar-refractivity contribution is -0.144. The van der Waals surface area contributed by atoms with Crippen LogP contribution in [0.1, 0.15) is 45.4 Å². The van der Waals surface area contributed by atoms with E-state index >= 15 is 0 Å². The number of amides is 1. The zero-order valence-corrected chi connectivity index (χ0v) is 12.1. The quantitative estimate of drug-likeness (QED) is 0.743. The molecule has 19 heavy (non-hydrogen) atoms. The SMILES string of the molecule is C#CCN(CC1CC1)C(=O)C1(CCC)CCNCC1. The molecular weight excluding hydrogens is 236 g/mol. The van der Waals surface area contributed by atoms with Gasteiger partial charge in [0.2, 0.25) is 5.91 Å². The number of hydrogen-bond acceptors (Lipinski definition) is 2. The summed E-state index contributed by atoms with van der Waals surface area (Å²) in [5.74, 6) is 3.70. The zero-order chi connectivity index (χ0) is 13.7. The fraction of sp³-hybridized carbons (Fsp3) is 0.812. The Kier molecular flexibility index (Phi) is 4.87. The van der Waals surface area contributed by atoms with Crippen molar-refractivity contribution in [2.24, 2.45) is 11.3 Å². The van der Waals surface area contributed by atoms with Crippen LogP contribution in [0.3, 0.4) is 0 Å². The fourth-order valence-electron chi connectivity index (χ4n) is 3.23. The summed E-state index contributed by atoms with van der Waals surface area (Å²) in [4.78, 5) is 14.9. The number of hydrogen-bond donors (Lipinski definition) is 1. The molecular formula is C16H26N2O. The lowest BCUT2D eigenvalue weighted by Gasteiger charge is -2.39. The van der Waals surface area contributed by atoms with Gasteiger partial charge in [-0.15, -0.1) is 6.42 Å². The van der Waals surface area contributed by atoms with Crippen LogP contribution in [0.15, 0.2) is 0 Å². The Hall–Kier alpha value is -1.01. The molecule has 1 heterocycles. The van der Waals surface area contributed by atoms with Gasteiger partial charge < -0.3 is 10.2 Å². The molecule has 3 nitrogen and oxygen atoms in total. The Morgan fingerprint density at radius 1 is 1.42 bits per heavy atom. The highest BCUT2D eigenvalue weighted by Crippen LogP contribution is 2.38. The van der Waals surface area contributed by atoms with E-state index in [4.69, 9.17) is 6.42 Å².